The number of rotatable bonds is 6. The number of ether oxygens (including phenoxy) is 2. The molecule has 1 aliphatic carbocycles. The van der Waals surface area contributed by atoms with Crippen molar-refractivity contribution in [3.8, 4) is 5.75 Å². The molecule has 25 heavy (non-hydrogen) atoms. The third-order valence-electron chi connectivity index (χ3n) is 4.21. The van der Waals surface area contributed by atoms with Crippen LogP contribution in [0, 0.1) is 0 Å². The van der Waals surface area contributed by atoms with Gasteiger partial charge in [0, 0.05) is 10.0 Å². The summed E-state index contributed by atoms with van der Waals surface area (Å²) in [6.45, 7) is -0.486. The summed E-state index contributed by atoms with van der Waals surface area (Å²) in [6, 6.07) is 12.9. The van der Waals surface area contributed by atoms with Crippen LogP contribution in [0.3, 0.4) is 0 Å². The highest BCUT2D eigenvalue weighted by Gasteiger charge is 2.14. The molecule has 130 valence electrons. The van der Waals surface area contributed by atoms with E-state index in [1.54, 1.807) is 12.1 Å². The van der Waals surface area contributed by atoms with Gasteiger partial charge in [-0.2, -0.15) is 0 Å². The topological polar surface area (TPSA) is 52.6 Å². The average molecular weight is 403 g/mol. The fraction of sp³-hybridized carbons (Fsp3) is 0.300. The molecule has 0 saturated heterocycles. The largest absolute Gasteiger partial charge is 0.482 e. The van der Waals surface area contributed by atoms with E-state index >= 15 is 0 Å². The second-order valence-electron chi connectivity index (χ2n) is 6.02. The zero-order chi connectivity index (χ0) is 17.6. The maximum absolute atomic E-state index is 12.2. The van der Waals surface area contributed by atoms with Crippen molar-refractivity contribution < 1.29 is 19.1 Å². The lowest BCUT2D eigenvalue weighted by Gasteiger charge is -2.16. The molecule has 0 heterocycles. The molecule has 0 atom stereocenters. The smallest absolute Gasteiger partial charge is 0.344 e. The second kappa shape index (κ2) is 8.30. The first-order valence-electron chi connectivity index (χ1n) is 8.31. The van der Waals surface area contributed by atoms with Gasteiger partial charge < -0.3 is 9.47 Å². The Hall–Kier alpha value is -2.14. The van der Waals surface area contributed by atoms with Crippen molar-refractivity contribution >= 4 is 27.7 Å². The van der Waals surface area contributed by atoms with Crippen molar-refractivity contribution in [1.29, 1.82) is 0 Å². The summed E-state index contributed by atoms with van der Waals surface area (Å²) in [6.07, 6.45) is 4.45. The predicted molar refractivity (Wildman–Crippen MR) is 98.0 cm³/mol. The Labute approximate surface area is 155 Å². The molecule has 0 aromatic heterocycles. The molecule has 1 aliphatic rings. The number of Topliss-reactive ketones (excluding diaryl/α,β-unsaturated/α-hetero) is 1. The van der Waals surface area contributed by atoms with Gasteiger partial charge in [-0.15, -0.1) is 0 Å². The highest BCUT2D eigenvalue weighted by molar-refractivity contribution is 9.10. The molecule has 0 unspecified atom stereocenters. The maximum atomic E-state index is 12.2. The predicted octanol–water partition coefficient (Wildman–Crippen LogP) is 4.13. The standard InChI is InChI=1S/C20H19BrO4/c21-17-7-9-18(10-8-17)24-13-20(23)25-12-19(22)16-6-5-14-3-1-2-4-15(14)11-16/h5-11H,1-4,12-13H2. The minimum absolute atomic E-state index is 0.189. The highest BCUT2D eigenvalue weighted by Crippen LogP contribution is 2.22. The van der Waals surface area contributed by atoms with E-state index in [-0.39, 0.29) is 19.0 Å². The van der Waals surface area contributed by atoms with Crippen molar-refractivity contribution in [3.05, 3.63) is 63.6 Å². The first-order chi connectivity index (χ1) is 12.1. The van der Waals surface area contributed by atoms with Crippen molar-refractivity contribution in [2.75, 3.05) is 13.2 Å². The molecule has 0 spiro atoms. The third kappa shape index (κ3) is 4.92. The first kappa shape index (κ1) is 17.7. The molecule has 2 aromatic carbocycles. The highest BCUT2D eigenvalue weighted by atomic mass is 79.9. The van der Waals surface area contributed by atoms with Crippen LogP contribution in [-0.2, 0) is 22.4 Å². The van der Waals surface area contributed by atoms with Gasteiger partial charge >= 0.3 is 5.97 Å². The summed E-state index contributed by atoms with van der Waals surface area (Å²) in [5.41, 5.74) is 3.16. The molecule has 3 rings (SSSR count). The maximum Gasteiger partial charge on any atom is 0.344 e. The zero-order valence-electron chi connectivity index (χ0n) is 13.8. The number of carbonyl (C=O) groups excluding carboxylic acids is 2. The summed E-state index contributed by atoms with van der Waals surface area (Å²) in [5, 5.41) is 0. The van der Waals surface area contributed by atoms with E-state index < -0.39 is 5.97 Å². The number of aryl methyl sites for hydroxylation is 2. The number of carbonyl (C=O) groups is 2. The summed E-state index contributed by atoms with van der Waals surface area (Å²) >= 11 is 3.33. The molecular formula is C20H19BrO4. The van der Waals surface area contributed by atoms with E-state index in [4.69, 9.17) is 9.47 Å². The number of hydrogen-bond acceptors (Lipinski definition) is 4. The van der Waals surface area contributed by atoms with Crippen LogP contribution in [0.5, 0.6) is 5.75 Å². The van der Waals surface area contributed by atoms with Crippen molar-refractivity contribution in [2.45, 2.75) is 25.7 Å². The van der Waals surface area contributed by atoms with Crippen LogP contribution in [0.25, 0.3) is 0 Å². The Balaban J connectivity index is 1.48. The first-order valence-corrected chi connectivity index (χ1v) is 9.10. The Morgan fingerprint density at radius 2 is 1.64 bits per heavy atom. The van der Waals surface area contributed by atoms with Crippen molar-refractivity contribution in [1.82, 2.24) is 0 Å². The van der Waals surface area contributed by atoms with Gasteiger partial charge in [0.05, 0.1) is 0 Å². The van der Waals surface area contributed by atoms with Gasteiger partial charge in [0.2, 0.25) is 0 Å². The Morgan fingerprint density at radius 3 is 2.40 bits per heavy atom. The van der Waals surface area contributed by atoms with Crippen LogP contribution < -0.4 is 4.74 Å². The quantitative estimate of drug-likeness (QED) is 0.538. The number of benzene rings is 2. The fourth-order valence-electron chi connectivity index (χ4n) is 2.85. The van der Waals surface area contributed by atoms with Gasteiger partial charge in [0.15, 0.2) is 19.0 Å². The molecule has 4 nitrogen and oxygen atoms in total. The number of halogens is 1. The molecule has 0 N–H and O–H groups in total. The van der Waals surface area contributed by atoms with Crippen LogP contribution in [0.1, 0.15) is 34.3 Å². The lowest BCUT2D eigenvalue weighted by molar-refractivity contribution is -0.144. The fourth-order valence-corrected chi connectivity index (χ4v) is 3.12. The monoisotopic (exact) mass is 402 g/mol. The number of hydrogen-bond donors (Lipinski definition) is 0. The van der Waals surface area contributed by atoms with E-state index in [1.807, 2.05) is 30.3 Å². The molecular weight excluding hydrogens is 384 g/mol. The number of ketones is 1. The SMILES string of the molecule is O=C(COc1ccc(Br)cc1)OCC(=O)c1ccc2c(c1)CCCC2. The van der Waals surface area contributed by atoms with Crippen LogP contribution in [0.15, 0.2) is 46.9 Å². The summed E-state index contributed by atoms with van der Waals surface area (Å²) in [5.74, 6) is -0.180. The number of esters is 1. The van der Waals surface area contributed by atoms with E-state index in [9.17, 15) is 9.59 Å². The lowest BCUT2D eigenvalue weighted by Crippen LogP contribution is -2.19. The molecule has 5 heteroatoms. The van der Waals surface area contributed by atoms with Gasteiger partial charge in [-0.05, 0) is 67.1 Å². The molecule has 0 amide bonds. The zero-order valence-corrected chi connectivity index (χ0v) is 15.4. The third-order valence-corrected chi connectivity index (χ3v) is 4.73. The minimum Gasteiger partial charge on any atom is -0.482 e. The lowest BCUT2D eigenvalue weighted by atomic mass is 9.90. The Bertz CT molecular complexity index is 768. The van der Waals surface area contributed by atoms with Crippen LogP contribution in [-0.4, -0.2) is 25.0 Å². The summed E-state index contributed by atoms with van der Waals surface area (Å²) in [4.78, 5) is 24.0. The van der Waals surface area contributed by atoms with Gasteiger partial charge in [-0.3, -0.25) is 4.79 Å². The van der Waals surface area contributed by atoms with Crippen molar-refractivity contribution in [2.24, 2.45) is 0 Å². The van der Waals surface area contributed by atoms with Gasteiger partial charge in [-0.1, -0.05) is 28.1 Å². The molecule has 0 aliphatic heterocycles. The molecule has 2 aromatic rings. The molecule has 0 radical (unpaired) electrons. The summed E-state index contributed by atoms with van der Waals surface area (Å²) < 4.78 is 11.3. The summed E-state index contributed by atoms with van der Waals surface area (Å²) in [7, 11) is 0. The Kier molecular flexibility index (Phi) is 5.87. The van der Waals surface area contributed by atoms with E-state index in [1.165, 1.54) is 17.5 Å². The Morgan fingerprint density at radius 1 is 0.920 bits per heavy atom. The van der Waals surface area contributed by atoms with E-state index in [0.717, 1.165) is 23.7 Å². The number of fused-ring (bicyclic) bond motifs is 1. The van der Waals surface area contributed by atoms with Gasteiger partial charge in [0.25, 0.3) is 0 Å². The van der Waals surface area contributed by atoms with Gasteiger partial charge in [0.1, 0.15) is 5.75 Å². The van der Waals surface area contributed by atoms with Crippen LogP contribution in [0.4, 0.5) is 0 Å². The van der Waals surface area contributed by atoms with Crippen LogP contribution >= 0.6 is 15.9 Å². The van der Waals surface area contributed by atoms with Gasteiger partial charge in [-0.25, -0.2) is 4.79 Å². The molecule has 0 saturated carbocycles. The molecule has 0 bridgehead atoms. The average Bonchev–Trinajstić information content (AvgIpc) is 2.65. The van der Waals surface area contributed by atoms with E-state index in [0.29, 0.717) is 11.3 Å². The second-order valence-corrected chi connectivity index (χ2v) is 6.93. The normalized spacial score (nSPS) is 13.0. The van der Waals surface area contributed by atoms with Crippen LogP contribution in [0.2, 0.25) is 0 Å². The molecule has 0 fully saturated rings. The van der Waals surface area contributed by atoms with Crippen molar-refractivity contribution in [3.63, 3.8) is 0 Å². The van der Waals surface area contributed by atoms with E-state index in [2.05, 4.69) is 15.9 Å². The minimum atomic E-state index is -0.561.